The van der Waals surface area contributed by atoms with Crippen LogP contribution >= 0.6 is 0 Å². The van der Waals surface area contributed by atoms with Crippen molar-refractivity contribution in [3.63, 3.8) is 0 Å². The highest BCUT2D eigenvalue weighted by Gasteiger charge is 2.21. The fourth-order valence-corrected chi connectivity index (χ4v) is 1.59. The Morgan fingerprint density at radius 3 is 2.21 bits per heavy atom. The predicted octanol–water partition coefficient (Wildman–Crippen LogP) is 1.60. The van der Waals surface area contributed by atoms with Crippen LogP contribution in [0.15, 0.2) is 0 Å². The molecule has 0 aromatic heterocycles. The van der Waals surface area contributed by atoms with Gasteiger partial charge in [-0.3, -0.25) is 9.59 Å². The third kappa shape index (κ3) is 9.47. The van der Waals surface area contributed by atoms with Crippen molar-refractivity contribution in [3.8, 4) is 0 Å². The molecule has 5 heteroatoms. The van der Waals surface area contributed by atoms with E-state index in [0.717, 1.165) is 11.0 Å². The quantitative estimate of drug-likeness (QED) is 0.498. The summed E-state index contributed by atoms with van der Waals surface area (Å²) in [5.41, 5.74) is 0. The lowest BCUT2D eigenvalue weighted by molar-refractivity contribution is -0.870. The molecule has 0 heterocycles. The molecule has 0 bridgehead atoms. The molecule has 0 aliphatic carbocycles. The Hall–Kier alpha value is -1.10. The average Bonchev–Trinajstić information content (AvgIpc) is 2.25. The molecule has 112 valence electrons. The zero-order chi connectivity index (χ0) is 15.1. The van der Waals surface area contributed by atoms with Crippen molar-refractivity contribution < 1.29 is 23.5 Å². The number of carbonyl (C=O) groups is 2. The van der Waals surface area contributed by atoms with Gasteiger partial charge in [-0.1, -0.05) is 13.8 Å². The van der Waals surface area contributed by atoms with Crippen molar-refractivity contribution in [2.45, 2.75) is 39.7 Å². The Kier molecular flexibility index (Phi) is 7.68. The number of ether oxygens (including phenoxy) is 2. The predicted molar refractivity (Wildman–Crippen MR) is 73.5 cm³/mol. The molecule has 0 aromatic rings. The summed E-state index contributed by atoms with van der Waals surface area (Å²) in [6, 6.07) is 0. The zero-order valence-corrected chi connectivity index (χ0v) is 13.1. The Morgan fingerprint density at radius 2 is 1.79 bits per heavy atom. The molecular formula is C14H28NO4+. The lowest BCUT2D eigenvalue weighted by Crippen LogP contribution is -2.38. The summed E-state index contributed by atoms with van der Waals surface area (Å²) >= 11 is 0. The minimum absolute atomic E-state index is 0.210. The fourth-order valence-electron chi connectivity index (χ4n) is 1.59. The van der Waals surface area contributed by atoms with Crippen LogP contribution in [-0.4, -0.2) is 56.8 Å². The first-order valence-corrected chi connectivity index (χ1v) is 6.80. The van der Waals surface area contributed by atoms with Crippen LogP contribution in [0.4, 0.5) is 0 Å². The number of esters is 2. The summed E-state index contributed by atoms with van der Waals surface area (Å²) in [5.74, 6) is -0.784. The number of rotatable bonds is 8. The maximum Gasteiger partial charge on any atom is 0.309 e. The van der Waals surface area contributed by atoms with Gasteiger partial charge >= 0.3 is 11.9 Å². The van der Waals surface area contributed by atoms with Crippen molar-refractivity contribution in [1.29, 1.82) is 0 Å². The molecule has 0 aromatic carbocycles. The third-order valence-corrected chi connectivity index (χ3v) is 2.81. The molecule has 0 radical (unpaired) electrons. The van der Waals surface area contributed by atoms with Crippen LogP contribution in [0.3, 0.4) is 0 Å². The van der Waals surface area contributed by atoms with E-state index in [4.69, 9.17) is 9.47 Å². The van der Waals surface area contributed by atoms with Crippen molar-refractivity contribution >= 4 is 11.9 Å². The van der Waals surface area contributed by atoms with Gasteiger partial charge in [-0.15, -0.1) is 0 Å². The van der Waals surface area contributed by atoms with E-state index in [0.29, 0.717) is 19.4 Å². The standard InChI is InChI=1S/C14H28NO4/c1-7-13(19-12(3)16)10-11(2)14(17)18-9-8-15(4,5)6/h11,13H,7-10H2,1-6H3/q+1. The molecule has 0 rings (SSSR count). The highest BCUT2D eigenvalue weighted by Crippen LogP contribution is 2.14. The Morgan fingerprint density at radius 1 is 1.21 bits per heavy atom. The van der Waals surface area contributed by atoms with Crippen LogP contribution in [-0.2, 0) is 19.1 Å². The topological polar surface area (TPSA) is 52.6 Å². The molecule has 0 aliphatic rings. The first-order chi connectivity index (χ1) is 8.65. The monoisotopic (exact) mass is 274 g/mol. The average molecular weight is 274 g/mol. The van der Waals surface area contributed by atoms with Crippen LogP contribution in [0.1, 0.15) is 33.6 Å². The molecule has 2 atom stereocenters. The highest BCUT2D eigenvalue weighted by molar-refractivity contribution is 5.72. The van der Waals surface area contributed by atoms with E-state index in [9.17, 15) is 9.59 Å². The molecule has 0 N–H and O–H groups in total. The first kappa shape index (κ1) is 17.9. The number of quaternary nitrogens is 1. The van der Waals surface area contributed by atoms with Crippen LogP contribution in [0, 0.1) is 5.92 Å². The second kappa shape index (κ2) is 8.15. The largest absolute Gasteiger partial charge is 0.463 e. The Balaban J connectivity index is 4.07. The van der Waals surface area contributed by atoms with Crippen molar-refractivity contribution in [2.75, 3.05) is 34.3 Å². The van der Waals surface area contributed by atoms with Crippen molar-refractivity contribution in [2.24, 2.45) is 5.92 Å². The molecule has 2 unspecified atom stereocenters. The van der Waals surface area contributed by atoms with Gasteiger partial charge in [0.25, 0.3) is 0 Å². The number of carbonyl (C=O) groups excluding carboxylic acids is 2. The Labute approximate surface area is 116 Å². The van der Waals surface area contributed by atoms with Crippen molar-refractivity contribution in [3.05, 3.63) is 0 Å². The number of likely N-dealkylation sites (N-methyl/N-ethyl adjacent to an activating group) is 1. The number of hydrogen-bond acceptors (Lipinski definition) is 4. The number of hydrogen-bond donors (Lipinski definition) is 0. The molecule has 0 fully saturated rings. The van der Waals surface area contributed by atoms with Gasteiger partial charge in [0.05, 0.1) is 27.1 Å². The van der Waals surface area contributed by atoms with E-state index in [1.165, 1.54) is 6.92 Å². The van der Waals surface area contributed by atoms with Crippen LogP contribution in [0.5, 0.6) is 0 Å². The second-order valence-electron chi connectivity index (χ2n) is 5.96. The number of nitrogens with zero attached hydrogens (tertiary/aromatic N) is 1. The second-order valence-corrected chi connectivity index (χ2v) is 5.96. The van der Waals surface area contributed by atoms with E-state index in [2.05, 4.69) is 0 Å². The molecule has 0 amide bonds. The third-order valence-electron chi connectivity index (χ3n) is 2.81. The molecule has 5 nitrogen and oxygen atoms in total. The SMILES string of the molecule is CCC(CC(C)C(=O)OCC[N+](C)(C)C)OC(C)=O. The van der Waals surface area contributed by atoms with Gasteiger partial charge in [-0.25, -0.2) is 0 Å². The van der Waals surface area contributed by atoms with E-state index in [-0.39, 0.29) is 24.0 Å². The Bertz CT molecular complexity index is 296. The van der Waals surface area contributed by atoms with E-state index in [1.807, 2.05) is 28.1 Å². The summed E-state index contributed by atoms with van der Waals surface area (Å²) in [7, 11) is 6.14. The molecule has 19 heavy (non-hydrogen) atoms. The summed E-state index contributed by atoms with van der Waals surface area (Å²) < 4.78 is 11.1. The zero-order valence-electron chi connectivity index (χ0n) is 13.1. The summed E-state index contributed by atoms with van der Waals surface area (Å²) in [6.45, 7) is 6.31. The van der Waals surface area contributed by atoms with Crippen LogP contribution in [0.25, 0.3) is 0 Å². The molecule has 0 saturated carbocycles. The molecule has 0 spiro atoms. The van der Waals surface area contributed by atoms with Gasteiger partial charge in [0, 0.05) is 6.92 Å². The smallest absolute Gasteiger partial charge is 0.309 e. The van der Waals surface area contributed by atoms with Gasteiger partial charge < -0.3 is 14.0 Å². The summed E-state index contributed by atoms with van der Waals surface area (Å²) in [5, 5.41) is 0. The molecule has 0 aliphatic heterocycles. The minimum atomic E-state index is -0.308. The van der Waals surface area contributed by atoms with Crippen molar-refractivity contribution in [1.82, 2.24) is 0 Å². The van der Waals surface area contributed by atoms with Gasteiger partial charge in [0.1, 0.15) is 19.3 Å². The van der Waals surface area contributed by atoms with Crippen LogP contribution in [0.2, 0.25) is 0 Å². The maximum absolute atomic E-state index is 11.8. The van der Waals surface area contributed by atoms with Gasteiger partial charge in [0.2, 0.25) is 0 Å². The molecule has 0 saturated heterocycles. The lowest BCUT2D eigenvalue weighted by Gasteiger charge is -2.24. The van der Waals surface area contributed by atoms with E-state index in [1.54, 1.807) is 6.92 Å². The van der Waals surface area contributed by atoms with E-state index < -0.39 is 0 Å². The summed E-state index contributed by atoms with van der Waals surface area (Å²) in [6.07, 6.45) is 1.01. The molecular weight excluding hydrogens is 246 g/mol. The first-order valence-electron chi connectivity index (χ1n) is 6.80. The lowest BCUT2D eigenvalue weighted by atomic mass is 10.0. The maximum atomic E-state index is 11.8. The van der Waals surface area contributed by atoms with Crippen LogP contribution < -0.4 is 0 Å². The van der Waals surface area contributed by atoms with Gasteiger partial charge in [0.15, 0.2) is 0 Å². The van der Waals surface area contributed by atoms with Gasteiger partial charge in [-0.05, 0) is 12.8 Å². The fraction of sp³-hybridized carbons (Fsp3) is 0.857. The normalized spacial score (nSPS) is 14.6. The minimum Gasteiger partial charge on any atom is -0.463 e. The summed E-state index contributed by atoms with van der Waals surface area (Å²) in [4.78, 5) is 22.7. The highest BCUT2D eigenvalue weighted by atomic mass is 16.5. The van der Waals surface area contributed by atoms with Gasteiger partial charge in [-0.2, -0.15) is 0 Å². The van der Waals surface area contributed by atoms with E-state index >= 15 is 0 Å².